The second-order valence-electron chi connectivity index (χ2n) is 6.22. The van der Waals surface area contributed by atoms with Crippen LogP contribution < -0.4 is 5.32 Å². The number of ether oxygens (including phenoxy) is 1. The lowest BCUT2D eigenvalue weighted by molar-refractivity contribution is -0.149. The van der Waals surface area contributed by atoms with Gasteiger partial charge in [0.15, 0.2) is 0 Å². The summed E-state index contributed by atoms with van der Waals surface area (Å²) in [6, 6.07) is 6.87. The average molecular weight is 346 g/mol. The quantitative estimate of drug-likeness (QED) is 0.804. The summed E-state index contributed by atoms with van der Waals surface area (Å²) in [5, 5.41) is 2.80. The van der Waals surface area contributed by atoms with E-state index in [4.69, 9.17) is 4.74 Å². The Bertz CT molecular complexity index is 612. The van der Waals surface area contributed by atoms with Crippen molar-refractivity contribution in [2.24, 2.45) is 5.92 Å². The molecule has 1 fully saturated rings. The number of hydrogen-bond donors (Lipinski definition) is 1. The third-order valence-electron chi connectivity index (χ3n) is 4.22. The third-order valence-corrected chi connectivity index (χ3v) is 4.22. The Balaban J connectivity index is 1.97. The van der Waals surface area contributed by atoms with Gasteiger partial charge in [0, 0.05) is 30.8 Å². The number of carbonyl (C=O) groups excluding carboxylic acids is 3. The molecule has 25 heavy (non-hydrogen) atoms. The molecule has 6 nitrogen and oxygen atoms in total. The number of carbonyl (C=O) groups is 3. The topological polar surface area (TPSA) is 75.7 Å². The molecule has 1 atom stereocenters. The molecule has 6 heteroatoms. The van der Waals surface area contributed by atoms with Gasteiger partial charge in [0.1, 0.15) is 0 Å². The first kappa shape index (κ1) is 19.0. The fourth-order valence-corrected chi connectivity index (χ4v) is 2.94. The first-order valence-corrected chi connectivity index (χ1v) is 8.91. The number of likely N-dealkylation sites (tertiary alicyclic amines) is 1. The number of nitrogens with one attached hydrogen (secondary N) is 1. The first-order valence-electron chi connectivity index (χ1n) is 8.91. The van der Waals surface area contributed by atoms with E-state index in [-0.39, 0.29) is 23.7 Å². The summed E-state index contributed by atoms with van der Waals surface area (Å²) in [6.45, 7) is 5.12. The maximum atomic E-state index is 12.6. The van der Waals surface area contributed by atoms with Crippen LogP contribution in [-0.2, 0) is 14.3 Å². The normalized spacial score (nSPS) is 17.0. The van der Waals surface area contributed by atoms with Crippen LogP contribution >= 0.6 is 0 Å². The number of amides is 2. The minimum atomic E-state index is -0.245. The summed E-state index contributed by atoms with van der Waals surface area (Å²) in [4.78, 5) is 37.9. The van der Waals surface area contributed by atoms with E-state index in [0.29, 0.717) is 37.4 Å². The molecule has 0 spiro atoms. The van der Waals surface area contributed by atoms with Crippen LogP contribution in [0.2, 0.25) is 0 Å². The van der Waals surface area contributed by atoms with Crippen LogP contribution in [0.1, 0.15) is 49.9 Å². The van der Waals surface area contributed by atoms with Gasteiger partial charge in [0.25, 0.3) is 5.91 Å². The Kier molecular flexibility index (Phi) is 6.98. The largest absolute Gasteiger partial charge is 0.466 e. The number of nitrogens with zero attached hydrogens (tertiary/aromatic N) is 1. The fourth-order valence-electron chi connectivity index (χ4n) is 2.94. The van der Waals surface area contributed by atoms with Crippen LogP contribution in [0.15, 0.2) is 24.3 Å². The van der Waals surface area contributed by atoms with E-state index < -0.39 is 0 Å². The van der Waals surface area contributed by atoms with Crippen molar-refractivity contribution in [1.29, 1.82) is 0 Å². The molecular weight excluding hydrogens is 320 g/mol. The molecule has 0 unspecified atom stereocenters. The van der Waals surface area contributed by atoms with Crippen molar-refractivity contribution in [3.63, 3.8) is 0 Å². The minimum absolute atomic E-state index is 0.0325. The standard InChI is InChI=1S/C19H26N2O4/c1-3-6-17(22)20-16-10-8-14(9-11-16)18(23)21-12-5-7-15(13-21)19(24)25-4-2/h8-11,15H,3-7,12-13H2,1-2H3,(H,20,22)/t15-/m1/s1. The Morgan fingerprint density at radius 3 is 2.56 bits per heavy atom. The summed E-state index contributed by atoms with van der Waals surface area (Å²) in [5.41, 5.74) is 1.23. The van der Waals surface area contributed by atoms with Crippen LogP contribution in [0.3, 0.4) is 0 Å². The number of esters is 1. The van der Waals surface area contributed by atoms with Crippen LogP contribution in [0.5, 0.6) is 0 Å². The van der Waals surface area contributed by atoms with Crippen molar-refractivity contribution in [1.82, 2.24) is 4.90 Å². The summed E-state index contributed by atoms with van der Waals surface area (Å²) in [6.07, 6.45) is 2.81. The second kappa shape index (κ2) is 9.20. The van der Waals surface area contributed by atoms with Gasteiger partial charge in [-0.3, -0.25) is 14.4 Å². The van der Waals surface area contributed by atoms with Crippen molar-refractivity contribution in [2.75, 3.05) is 25.0 Å². The molecule has 2 amide bonds. The number of benzene rings is 1. The Morgan fingerprint density at radius 2 is 1.92 bits per heavy atom. The van der Waals surface area contributed by atoms with Crippen LogP contribution in [0.25, 0.3) is 0 Å². The molecule has 1 N–H and O–H groups in total. The number of anilines is 1. The molecule has 0 aromatic heterocycles. The molecule has 136 valence electrons. The minimum Gasteiger partial charge on any atom is -0.466 e. The fraction of sp³-hybridized carbons (Fsp3) is 0.526. The SMILES string of the molecule is CCCC(=O)Nc1ccc(C(=O)N2CCC[C@@H](C(=O)OCC)C2)cc1. The Morgan fingerprint density at radius 1 is 1.20 bits per heavy atom. The molecule has 1 aromatic rings. The van der Waals surface area contributed by atoms with Gasteiger partial charge in [0.2, 0.25) is 5.91 Å². The van der Waals surface area contributed by atoms with Gasteiger partial charge in [-0.15, -0.1) is 0 Å². The lowest BCUT2D eigenvalue weighted by Gasteiger charge is -2.31. The highest BCUT2D eigenvalue weighted by Crippen LogP contribution is 2.20. The monoisotopic (exact) mass is 346 g/mol. The highest BCUT2D eigenvalue weighted by atomic mass is 16.5. The summed E-state index contributed by atoms with van der Waals surface area (Å²) in [7, 11) is 0. The zero-order chi connectivity index (χ0) is 18.2. The summed E-state index contributed by atoms with van der Waals surface area (Å²) in [5.74, 6) is -0.602. The molecule has 1 aliphatic rings. The van der Waals surface area contributed by atoms with Gasteiger partial charge >= 0.3 is 5.97 Å². The van der Waals surface area contributed by atoms with E-state index in [0.717, 1.165) is 19.3 Å². The smallest absolute Gasteiger partial charge is 0.310 e. The van der Waals surface area contributed by atoms with E-state index in [1.807, 2.05) is 6.92 Å². The first-order chi connectivity index (χ1) is 12.0. The molecule has 2 rings (SSSR count). The lowest BCUT2D eigenvalue weighted by Crippen LogP contribution is -2.42. The van der Waals surface area contributed by atoms with Gasteiger partial charge in [-0.1, -0.05) is 6.92 Å². The zero-order valence-electron chi connectivity index (χ0n) is 14.9. The molecule has 0 aliphatic carbocycles. The van der Waals surface area contributed by atoms with Gasteiger partial charge in [-0.05, 0) is 50.5 Å². The molecular formula is C19H26N2O4. The predicted octanol–water partition coefficient (Wildman–Crippen LogP) is 2.84. The summed E-state index contributed by atoms with van der Waals surface area (Å²) < 4.78 is 5.07. The predicted molar refractivity (Wildman–Crippen MR) is 95.2 cm³/mol. The number of hydrogen-bond acceptors (Lipinski definition) is 4. The van der Waals surface area contributed by atoms with Crippen molar-refractivity contribution in [3.05, 3.63) is 29.8 Å². The van der Waals surface area contributed by atoms with E-state index in [1.165, 1.54) is 0 Å². The summed E-state index contributed by atoms with van der Waals surface area (Å²) >= 11 is 0. The average Bonchev–Trinajstić information content (AvgIpc) is 2.62. The van der Waals surface area contributed by atoms with E-state index in [1.54, 1.807) is 36.1 Å². The van der Waals surface area contributed by atoms with Gasteiger partial charge in [-0.25, -0.2) is 0 Å². The van der Waals surface area contributed by atoms with E-state index in [2.05, 4.69) is 5.32 Å². The highest BCUT2D eigenvalue weighted by molar-refractivity contribution is 5.96. The van der Waals surface area contributed by atoms with Crippen LogP contribution in [0.4, 0.5) is 5.69 Å². The molecule has 0 bridgehead atoms. The van der Waals surface area contributed by atoms with Crippen LogP contribution in [0, 0.1) is 5.92 Å². The molecule has 1 aromatic carbocycles. The van der Waals surface area contributed by atoms with Crippen molar-refractivity contribution in [2.45, 2.75) is 39.5 Å². The van der Waals surface area contributed by atoms with Gasteiger partial charge in [-0.2, -0.15) is 0 Å². The maximum absolute atomic E-state index is 12.6. The van der Waals surface area contributed by atoms with E-state index in [9.17, 15) is 14.4 Å². The highest BCUT2D eigenvalue weighted by Gasteiger charge is 2.29. The molecule has 1 aliphatic heterocycles. The Hall–Kier alpha value is -2.37. The maximum Gasteiger partial charge on any atom is 0.310 e. The van der Waals surface area contributed by atoms with Gasteiger partial charge in [0.05, 0.1) is 12.5 Å². The van der Waals surface area contributed by atoms with E-state index >= 15 is 0 Å². The van der Waals surface area contributed by atoms with Crippen molar-refractivity contribution in [3.8, 4) is 0 Å². The lowest BCUT2D eigenvalue weighted by atomic mass is 9.97. The van der Waals surface area contributed by atoms with Crippen LogP contribution in [-0.4, -0.2) is 42.4 Å². The molecule has 1 heterocycles. The second-order valence-corrected chi connectivity index (χ2v) is 6.22. The number of rotatable bonds is 6. The van der Waals surface area contributed by atoms with Crippen molar-refractivity contribution >= 4 is 23.5 Å². The Labute approximate surface area is 148 Å². The molecule has 0 radical (unpaired) electrons. The van der Waals surface area contributed by atoms with Gasteiger partial charge < -0.3 is 15.0 Å². The molecule has 0 saturated carbocycles. The third kappa shape index (κ3) is 5.31. The van der Waals surface area contributed by atoms with Crippen molar-refractivity contribution < 1.29 is 19.1 Å². The zero-order valence-corrected chi connectivity index (χ0v) is 14.9. The number of piperidine rings is 1. The molecule has 1 saturated heterocycles.